The summed E-state index contributed by atoms with van der Waals surface area (Å²) in [5, 5.41) is 3.35. The monoisotopic (exact) mass is 213 g/mol. The average Bonchev–Trinajstić information content (AvgIpc) is 2.25. The van der Waals surface area contributed by atoms with Crippen LogP contribution in [0.25, 0.3) is 0 Å². The molecule has 2 atom stereocenters. The Balaban J connectivity index is 4.23. The zero-order chi connectivity index (χ0) is 11.7. The van der Waals surface area contributed by atoms with Crippen molar-refractivity contribution in [2.24, 2.45) is 0 Å². The van der Waals surface area contributed by atoms with Gasteiger partial charge in [0.2, 0.25) is 0 Å². The van der Waals surface area contributed by atoms with E-state index in [1.807, 2.05) is 7.05 Å². The first-order valence-electron chi connectivity index (χ1n) is 6.14. The summed E-state index contributed by atoms with van der Waals surface area (Å²) in [5.41, 5.74) is 1.30. The van der Waals surface area contributed by atoms with Crippen molar-refractivity contribution in [3.05, 3.63) is 12.2 Å². The highest BCUT2D eigenvalue weighted by Gasteiger charge is 2.19. The van der Waals surface area contributed by atoms with Gasteiger partial charge >= 0.3 is 0 Å². The molecule has 0 aromatic heterocycles. The molecule has 2 nitrogen and oxygen atoms in total. The lowest BCUT2D eigenvalue weighted by molar-refractivity contribution is 0.0300. The van der Waals surface area contributed by atoms with E-state index < -0.39 is 0 Å². The number of likely N-dealkylation sites (N-methyl/N-ethyl adjacent to an activating group) is 1. The zero-order valence-corrected chi connectivity index (χ0v) is 10.8. The molecule has 1 N–H and O–H groups in total. The van der Waals surface area contributed by atoms with E-state index >= 15 is 0 Å². The molecular weight excluding hydrogens is 186 g/mol. The predicted molar refractivity (Wildman–Crippen MR) is 67.2 cm³/mol. The lowest BCUT2D eigenvalue weighted by atomic mass is 9.98. The molecule has 0 radical (unpaired) electrons. The molecule has 0 aromatic rings. The van der Waals surface area contributed by atoms with Gasteiger partial charge in [-0.05, 0) is 33.2 Å². The maximum absolute atomic E-state index is 5.78. The second-order valence-corrected chi connectivity index (χ2v) is 3.99. The Bertz CT molecular complexity index is 162. The van der Waals surface area contributed by atoms with Crippen molar-refractivity contribution >= 4 is 0 Å². The van der Waals surface area contributed by atoms with Crippen molar-refractivity contribution in [2.45, 2.75) is 58.6 Å². The first-order valence-corrected chi connectivity index (χ1v) is 6.14. The predicted octanol–water partition coefficient (Wildman–Crippen LogP) is 3.14. The molecule has 0 aromatic carbocycles. The topological polar surface area (TPSA) is 21.3 Å². The van der Waals surface area contributed by atoms with Gasteiger partial charge in [0, 0.05) is 12.6 Å². The Morgan fingerprint density at radius 1 is 1.33 bits per heavy atom. The fraction of sp³-hybridized carbons (Fsp3) is 0.846. The molecule has 2 unspecified atom stereocenters. The first kappa shape index (κ1) is 14.7. The quantitative estimate of drug-likeness (QED) is 0.594. The van der Waals surface area contributed by atoms with Crippen molar-refractivity contribution in [3.8, 4) is 0 Å². The number of ether oxygens (including phenoxy) is 1. The van der Waals surface area contributed by atoms with Gasteiger partial charge in [0.15, 0.2) is 0 Å². The van der Waals surface area contributed by atoms with Gasteiger partial charge in [-0.25, -0.2) is 0 Å². The van der Waals surface area contributed by atoms with E-state index in [0.29, 0.717) is 12.1 Å². The van der Waals surface area contributed by atoms with Crippen LogP contribution in [0, 0.1) is 0 Å². The van der Waals surface area contributed by atoms with E-state index in [1.165, 1.54) is 12.0 Å². The van der Waals surface area contributed by atoms with Crippen LogP contribution in [0.3, 0.4) is 0 Å². The minimum atomic E-state index is 0.327. The van der Waals surface area contributed by atoms with Gasteiger partial charge in [-0.2, -0.15) is 0 Å². The largest absolute Gasteiger partial charge is 0.377 e. The van der Waals surface area contributed by atoms with Crippen LogP contribution in [0.15, 0.2) is 12.2 Å². The molecule has 0 saturated carbocycles. The molecule has 2 heteroatoms. The van der Waals surface area contributed by atoms with Crippen LogP contribution in [0.4, 0.5) is 0 Å². The van der Waals surface area contributed by atoms with E-state index in [2.05, 4.69) is 32.7 Å². The van der Waals surface area contributed by atoms with Gasteiger partial charge < -0.3 is 10.1 Å². The van der Waals surface area contributed by atoms with Gasteiger partial charge in [0.05, 0.1) is 6.10 Å². The van der Waals surface area contributed by atoms with Crippen molar-refractivity contribution in [1.29, 1.82) is 0 Å². The minimum absolute atomic E-state index is 0.327. The van der Waals surface area contributed by atoms with E-state index in [4.69, 9.17) is 4.74 Å². The van der Waals surface area contributed by atoms with Gasteiger partial charge in [0.1, 0.15) is 0 Å². The standard InChI is InChI=1S/C13H27NO/c1-6-9-13(15-8-3)12(14-5)10-11(4)7-2/h12-14H,4,6-10H2,1-3,5H3. The molecule has 90 valence electrons. The van der Waals surface area contributed by atoms with Crippen molar-refractivity contribution in [2.75, 3.05) is 13.7 Å². The maximum Gasteiger partial charge on any atom is 0.0730 e. The summed E-state index contributed by atoms with van der Waals surface area (Å²) >= 11 is 0. The van der Waals surface area contributed by atoms with Crippen molar-refractivity contribution in [1.82, 2.24) is 5.32 Å². The third-order valence-corrected chi connectivity index (χ3v) is 2.78. The Labute approximate surface area is 95.1 Å². The third-order valence-electron chi connectivity index (χ3n) is 2.78. The molecular formula is C13H27NO. The summed E-state index contributed by atoms with van der Waals surface area (Å²) in [6.45, 7) is 11.3. The molecule has 0 saturated heterocycles. The molecule has 0 aliphatic heterocycles. The average molecular weight is 213 g/mol. The smallest absolute Gasteiger partial charge is 0.0730 e. The Morgan fingerprint density at radius 2 is 2.00 bits per heavy atom. The van der Waals surface area contributed by atoms with Gasteiger partial charge in [0.25, 0.3) is 0 Å². The highest BCUT2D eigenvalue weighted by Crippen LogP contribution is 2.15. The number of rotatable bonds is 9. The third kappa shape index (κ3) is 5.95. The molecule has 0 rings (SSSR count). The fourth-order valence-corrected chi connectivity index (χ4v) is 1.77. The van der Waals surface area contributed by atoms with Crippen LogP contribution >= 0.6 is 0 Å². The first-order chi connectivity index (χ1) is 7.19. The van der Waals surface area contributed by atoms with Gasteiger partial charge in [-0.15, -0.1) is 0 Å². The van der Waals surface area contributed by atoms with E-state index in [0.717, 1.165) is 25.9 Å². The molecule has 0 spiro atoms. The number of hydrogen-bond donors (Lipinski definition) is 1. The molecule has 0 fully saturated rings. The van der Waals surface area contributed by atoms with Crippen LogP contribution in [-0.4, -0.2) is 25.8 Å². The van der Waals surface area contributed by atoms with Crippen molar-refractivity contribution in [3.63, 3.8) is 0 Å². The lowest BCUT2D eigenvalue weighted by Crippen LogP contribution is -2.39. The Hall–Kier alpha value is -0.340. The lowest BCUT2D eigenvalue weighted by Gasteiger charge is -2.27. The maximum atomic E-state index is 5.78. The summed E-state index contributed by atoms with van der Waals surface area (Å²) in [6, 6.07) is 0.414. The summed E-state index contributed by atoms with van der Waals surface area (Å²) in [7, 11) is 2.01. The SMILES string of the molecule is C=C(CC)CC(NC)C(CCC)OCC. The van der Waals surface area contributed by atoms with Crippen molar-refractivity contribution < 1.29 is 4.74 Å². The highest BCUT2D eigenvalue weighted by molar-refractivity contribution is 4.98. The number of nitrogens with one attached hydrogen (secondary N) is 1. The molecule has 0 amide bonds. The van der Waals surface area contributed by atoms with Crippen LogP contribution in [0.5, 0.6) is 0 Å². The van der Waals surface area contributed by atoms with E-state index in [1.54, 1.807) is 0 Å². The molecule has 0 heterocycles. The second-order valence-electron chi connectivity index (χ2n) is 3.99. The normalized spacial score (nSPS) is 14.9. The van der Waals surface area contributed by atoms with Crippen LogP contribution in [0.2, 0.25) is 0 Å². The molecule has 0 aliphatic rings. The molecule has 0 aliphatic carbocycles. The zero-order valence-electron chi connectivity index (χ0n) is 10.8. The number of hydrogen-bond acceptors (Lipinski definition) is 2. The Morgan fingerprint density at radius 3 is 2.40 bits per heavy atom. The Kier molecular flexibility index (Phi) is 8.73. The van der Waals surface area contributed by atoms with Gasteiger partial charge in [-0.3, -0.25) is 0 Å². The van der Waals surface area contributed by atoms with Crippen LogP contribution < -0.4 is 5.32 Å². The molecule has 15 heavy (non-hydrogen) atoms. The van der Waals surface area contributed by atoms with E-state index in [-0.39, 0.29) is 0 Å². The second kappa shape index (κ2) is 8.93. The summed E-state index contributed by atoms with van der Waals surface area (Å²) in [4.78, 5) is 0. The van der Waals surface area contributed by atoms with Gasteiger partial charge in [-0.1, -0.05) is 32.4 Å². The van der Waals surface area contributed by atoms with Crippen LogP contribution in [-0.2, 0) is 4.74 Å². The van der Waals surface area contributed by atoms with Crippen LogP contribution in [0.1, 0.15) is 46.5 Å². The highest BCUT2D eigenvalue weighted by atomic mass is 16.5. The van der Waals surface area contributed by atoms with E-state index in [9.17, 15) is 0 Å². The summed E-state index contributed by atoms with van der Waals surface area (Å²) < 4.78 is 5.78. The summed E-state index contributed by atoms with van der Waals surface area (Å²) in [5.74, 6) is 0. The fourth-order valence-electron chi connectivity index (χ4n) is 1.77. The summed E-state index contributed by atoms with van der Waals surface area (Å²) in [6.07, 6.45) is 4.70. The minimum Gasteiger partial charge on any atom is -0.377 e. The molecule has 0 bridgehead atoms.